The zero-order valence-electron chi connectivity index (χ0n) is 14.9. The molecule has 0 radical (unpaired) electrons. The molecule has 2 aliphatic heterocycles. The molecule has 25 heavy (non-hydrogen) atoms. The molecule has 2 fully saturated rings. The van der Waals surface area contributed by atoms with Gasteiger partial charge < -0.3 is 14.8 Å². The lowest BCUT2D eigenvalue weighted by Gasteiger charge is -2.44. The maximum atomic E-state index is 12.8. The first-order valence-electron chi connectivity index (χ1n) is 9.41. The molecule has 4 heterocycles. The van der Waals surface area contributed by atoms with Gasteiger partial charge in [-0.1, -0.05) is 6.42 Å². The smallest absolute Gasteiger partial charge is 0.256 e. The lowest BCUT2D eigenvalue weighted by molar-refractivity contribution is 0.0575. The summed E-state index contributed by atoms with van der Waals surface area (Å²) in [5.74, 6) is 1.36. The van der Waals surface area contributed by atoms with Crippen LogP contribution >= 0.6 is 0 Å². The molecule has 2 saturated heterocycles. The number of hydrogen-bond acceptors (Lipinski definition) is 3. The van der Waals surface area contributed by atoms with Crippen LogP contribution in [0.2, 0.25) is 0 Å². The van der Waals surface area contributed by atoms with E-state index in [2.05, 4.69) is 15.3 Å². The molecule has 2 aromatic rings. The monoisotopic (exact) mass is 341 g/mol. The Kier molecular flexibility index (Phi) is 4.61. The number of aromatic nitrogens is 3. The largest absolute Gasteiger partial charge is 0.352 e. The molecule has 0 aliphatic carbocycles. The van der Waals surface area contributed by atoms with Gasteiger partial charge in [-0.2, -0.15) is 5.10 Å². The molecule has 6 nitrogen and oxygen atoms in total. The predicted octanol–water partition coefficient (Wildman–Crippen LogP) is 2.21. The van der Waals surface area contributed by atoms with Crippen LogP contribution in [0.15, 0.2) is 30.7 Å². The fourth-order valence-corrected chi connectivity index (χ4v) is 4.51. The molecule has 2 unspecified atom stereocenters. The summed E-state index contributed by atoms with van der Waals surface area (Å²) in [5, 5.41) is 7.47. The van der Waals surface area contributed by atoms with Gasteiger partial charge >= 0.3 is 0 Å². The minimum Gasteiger partial charge on any atom is -0.352 e. The van der Waals surface area contributed by atoms with Gasteiger partial charge in [-0.25, -0.2) is 0 Å². The van der Waals surface area contributed by atoms with Gasteiger partial charge in [-0.05, 0) is 56.8 Å². The third-order valence-electron chi connectivity index (χ3n) is 5.75. The molecular weight excluding hydrogens is 314 g/mol. The minimum absolute atomic E-state index is 0.0234. The second-order valence-corrected chi connectivity index (χ2v) is 7.31. The highest BCUT2D eigenvalue weighted by atomic mass is 16.1. The molecular formula is C19H27N5O. The highest BCUT2D eigenvalue weighted by Crippen LogP contribution is 2.30. The highest BCUT2D eigenvalue weighted by molar-refractivity contribution is 5.97. The van der Waals surface area contributed by atoms with Crippen molar-refractivity contribution < 1.29 is 4.79 Å². The van der Waals surface area contributed by atoms with Crippen LogP contribution in [0.4, 0.5) is 0 Å². The summed E-state index contributed by atoms with van der Waals surface area (Å²) < 4.78 is 3.68. The van der Waals surface area contributed by atoms with Gasteiger partial charge in [0.15, 0.2) is 0 Å². The van der Waals surface area contributed by atoms with Crippen LogP contribution in [-0.4, -0.2) is 50.8 Å². The summed E-state index contributed by atoms with van der Waals surface area (Å²) in [4.78, 5) is 15.4. The Morgan fingerprint density at radius 3 is 2.84 bits per heavy atom. The topological polar surface area (TPSA) is 55.1 Å². The Hall–Kier alpha value is -2.08. The lowest BCUT2D eigenvalue weighted by atomic mass is 9.83. The SMILES string of the molecule is Cn1ncc(C(=O)NCC2CCCN3CCCCC23)c1-n1cccc1. The number of piperidine rings is 2. The van der Waals surface area contributed by atoms with Crippen LogP contribution in [0.25, 0.3) is 5.82 Å². The second-order valence-electron chi connectivity index (χ2n) is 7.31. The summed E-state index contributed by atoms with van der Waals surface area (Å²) in [6, 6.07) is 4.56. The van der Waals surface area contributed by atoms with E-state index < -0.39 is 0 Å². The molecule has 6 heteroatoms. The van der Waals surface area contributed by atoms with Crippen LogP contribution in [0.5, 0.6) is 0 Å². The molecule has 0 bridgehead atoms. The third kappa shape index (κ3) is 3.23. The fraction of sp³-hybridized carbons (Fsp3) is 0.579. The summed E-state index contributed by atoms with van der Waals surface area (Å²) in [7, 11) is 1.87. The maximum Gasteiger partial charge on any atom is 0.256 e. The van der Waals surface area contributed by atoms with Gasteiger partial charge in [0.2, 0.25) is 0 Å². The zero-order valence-corrected chi connectivity index (χ0v) is 14.9. The second kappa shape index (κ2) is 7.04. The standard InChI is InChI=1S/C19H27N5O/c1-22-19(24-10-4-5-11-24)16(14-21-22)18(25)20-13-15-7-6-12-23-9-3-2-8-17(15)23/h4-5,10-11,14-15,17H,2-3,6-9,12-13H2,1H3,(H,20,25). The zero-order chi connectivity index (χ0) is 17.2. The number of nitrogens with one attached hydrogen (secondary N) is 1. The summed E-state index contributed by atoms with van der Waals surface area (Å²) in [6.45, 7) is 3.23. The van der Waals surface area contributed by atoms with Crippen molar-refractivity contribution >= 4 is 5.91 Å². The van der Waals surface area contributed by atoms with E-state index in [-0.39, 0.29) is 5.91 Å². The van der Waals surface area contributed by atoms with Gasteiger partial charge in [0.25, 0.3) is 5.91 Å². The quantitative estimate of drug-likeness (QED) is 0.928. The van der Waals surface area contributed by atoms with E-state index in [4.69, 9.17) is 0 Å². The van der Waals surface area contributed by atoms with Gasteiger partial charge in [0.05, 0.1) is 6.20 Å². The van der Waals surface area contributed by atoms with E-state index >= 15 is 0 Å². The molecule has 4 rings (SSSR count). The lowest BCUT2D eigenvalue weighted by Crippen LogP contribution is -2.51. The molecule has 2 aliphatic rings. The molecule has 0 saturated carbocycles. The number of nitrogens with zero attached hydrogens (tertiary/aromatic N) is 4. The van der Waals surface area contributed by atoms with Crippen molar-refractivity contribution in [1.82, 2.24) is 24.6 Å². The number of rotatable bonds is 4. The molecule has 2 aromatic heterocycles. The first-order valence-corrected chi connectivity index (χ1v) is 9.41. The van der Waals surface area contributed by atoms with Crippen molar-refractivity contribution in [2.24, 2.45) is 13.0 Å². The first kappa shape index (κ1) is 16.4. The Morgan fingerprint density at radius 2 is 2.00 bits per heavy atom. The average Bonchev–Trinajstić information content (AvgIpc) is 3.29. The van der Waals surface area contributed by atoms with Crippen molar-refractivity contribution in [1.29, 1.82) is 0 Å². The van der Waals surface area contributed by atoms with Crippen LogP contribution in [-0.2, 0) is 7.05 Å². The van der Waals surface area contributed by atoms with Gasteiger partial charge in [-0.3, -0.25) is 9.48 Å². The summed E-state index contributed by atoms with van der Waals surface area (Å²) in [6.07, 6.45) is 11.9. The van der Waals surface area contributed by atoms with Crippen LogP contribution < -0.4 is 5.32 Å². The Bertz CT molecular complexity index is 718. The number of carbonyl (C=O) groups excluding carboxylic acids is 1. The van der Waals surface area contributed by atoms with Crippen molar-refractivity contribution in [3.8, 4) is 5.82 Å². The maximum absolute atomic E-state index is 12.8. The van der Waals surface area contributed by atoms with E-state index in [0.29, 0.717) is 17.5 Å². The highest BCUT2D eigenvalue weighted by Gasteiger charge is 2.33. The minimum atomic E-state index is -0.0234. The number of hydrogen-bond donors (Lipinski definition) is 1. The van der Waals surface area contributed by atoms with Crippen LogP contribution in [0, 0.1) is 5.92 Å². The summed E-state index contributed by atoms with van der Waals surface area (Å²) >= 11 is 0. The number of amides is 1. The van der Waals surface area contributed by atoms with Crippen LogP contribution in [0.1, 0.15) is 42.5 Å². The molecule has 0 aromatic carbocycles. The molecule has 2 atom stereocenters. The van der Waals surface area contributed by atoms with E-state index in [1.54, 1.807) is 10.9 Å². The Labute approximate surface area is 148 Å². The molecule has 1 N–H and O–H groups in total. The van der Waals surface area contributed by atoms with E-state index in [1.165, 1.54) is 45.2 Å². The van der Waals surface area contributed by atoms with Crippen molar-refractivity contribution in [3.05, 3.63) is 36.3 Å². The summed E-state index contributed by atoms with van der Waals surface area (Å²) in [5.41, 5.74) is 0.634. The van der Waals surface area contributed by atoms with E-state index in [9.17, 15) is 4.79 Å². The van der Waals surface area contributed by atoms with Gasteiger partial charge in [0, 0.05) is 32.0 Å². The Morgan fingerprint density at radius 1 is 1.20 bits per heavy atom. The van der Waals surface area contributed by atoms with Crippen molar-refractivity contribution in [2.45, 2.75) is 38.1 Å². The van der Waals surface area contributed by atoms with Crippen molar-refractivity contribution in [3.63, 3.8) is 0 Å². The van der Waals surface area contributed by atoms with Crippen LogP contribution in [0.3, 0.4) is 0 Å². The molecule has 1 amide bonds. The molecule has 134 valence electrons. The average molecular weight is 341 g/mol. The van der Waals surface area contributed by atoms with E-state index in [1.807, 2.05) is 36.1 Å². The third-order valence-corrected chi connectivity index (χ3v) is 5.75. The number of carbonyl (C=O) groups is 1. The predicted molar refractivity (Wildman–Crippen MR) is 96.8 cm³/mol. The number of aryl methyl sites for hydroxylation is 1. The van der Waals surface area contributed by atoms with Gasteiger partial charge in [-0.15, -0.1) is 0 Å². The van der Waals surface area contributed by atoms with Crippen molar-refractivity contribution in [2.75, 3.05) is 19.6 Å². The fourth-order valence-electron chi connectivity index (χ4n) is 4.51. The molecule has 0 spiro atoms. The van der Waals surface area contributed by atoms with Gasteiger partial charge in [0.1, 0.15) is 11.4 Å². The normalized spacial score (nSPS) is 24.0. The Balaban J connectivity index is 1.44. The van der Waals surface area contributed by atoms with E-state index in [0.717, 1.165) is 12.4 Å². The first-order chi connectivity index (χ1) is 12.2. The number of fused-ring (bicyclic) bond motifs is 1.